The summed E-state index contributed by atoms with van der Waals surface area (Å²) in [6, 6.07) is 12.3. The Balaban J connectivity index is 2.47. The van der Waals surface area contributed by atoms with Crippen molar-refractivity contribution in [1.29, 1.82) is 0 Å². The smallest absolute Gasteiger partial charge is 0.104 e. The molecule has 2 aromatic carbocycles. The van der Waals surface area contributed by atoms with E-state index in [1.165, 1.54) is 6.07 Å². The van der Waals surface area contributed by atoms with E-state index in [-0.39, 0.29) is 4.90 Å². The summed E-state index contributed by atoms with van der Waals surface area (Å²) in [7, 11) is 0. The Bertz CT molecular complexity index is 743. The van der Waals surface area contributed by atoms with Crippen molar-refractivity contribution in [3.05, 3.63) is 42.5 Å². The Labute approximate surface area is 99.6 Å². The lowest BCUT2D eigenvalue weighted by Gasteiger charge is -2.08. The molecule has 0 spiro atoms. The zero-order valence-corrected chi connectivity index (χ0v) is 9.48. The van der Waals surface area contributed by atoms with Crippen molar-refractivity contribution in [2.24, 2.45) is 0 Å². The monoisotopic (exact) mass is 243 g/mol. The molecule has 0 N–H and O–H groups in total. The van der Waals surface area contributed by atoms with Gasteiger partial charge in [0.1, 0.15) is 5.52 Å². The highest BCUT2D eigenvalue weighted by Crippen LogP contribution is 2.20. The minimum Gasteiger partial charge on any atom is -0.768 e. The maximum absolute atomic E-state index is 11.1. The van der Waals surface area contributed by atoms with Gasteiger partial charge in [-0.05, 0) is 35.3 Å². The number of hydrogen-bond acceptors (Lipinski definition) is 4. The predicted octanol–water partition coefficient (Wildman–Crippen LogP) is 2.02. The molecular weight excluding hydrogens is 236 g/mol. The highest BCUT2D eigenvalue weighted by Gasteiger charge is 2.05. The van der Waals surface area contributed by atoms with E-state index in [1.54, 1.807) is 12.1 Å². The van der Waals surface area contributed by atoms with Crippen LogP contribution in [-0.4, -0.2) is 18.7 Å². The summed E-state index contributed by atoms with van der Waals surface area (Å²) in [5, 5.41) is 0. The highest BCUT2D eigenvalue weighted by atomic mass is 32.2. The third-order valence-electron chi connectivity index (χ3n) is 2.51. The summed E-state index contributed by atoms with van der Waals surface area (Å²) in [4.78, 5) is 8.91. The van der Waals surface area contributed by atoms with Crippen LogP contribution in [0.3, 0.4) is 0 Å². The van der Waals surface area contributed by atoms with E-state index in [0.717, 1.165) is 5.52 Å². The third-order valence-corrected chi connectivity index (χ3v) is 3.20. The fourth-order valence-corrected chi connectivity index (χ4v) is 2.25. The molecule has 0 aliphatic carbocycles. The van der Waals surface area contributed by atoms with E-state index in [4.69, 9.17) is 0 Å². The zero-order valence-electron chi connectivity index (χ0n) is 8.66. The van der Waals surface area contributed by atoms with Crippen LogP contribution in [0.4, 0.5) is 0 Å². The van der Waals surface area contributed by atoms with Crippen molar-refractivity contribution in [3.63, 3.8) is 0 Å². The largest absolute Gasteiger partial charge is 0.768 e. The topological polar surface area (TPSA) is 65.9 Å². The van der Waals surface area contributed by atoms with E-state index in [1.807, 2.05) is 24.3 Å². The molecule has 0 aliphatic rings. The Hall–Kier alpha value is -1.85. The number of fused-ring (bicyclic) bond motifs is 2. The minimum absolute atomic E-state index is 0.181. The molecule has 1 heterocycles. The van der Waals surface area contributed by atoms with E-state index in [0.29, 0.717) is 16.6 Å². The Morgan fingerprint density at radius 2 is 1.53 bits per heavy atom. The van der Waals surface area contributed by atoms with Crippen LogP contribution in [0.2, 0.25) is 0 Å². The average Bonchev–Trinajstić information content (AvgIpc) is 2.35. The van der Waals surface area contributed by atoms with Gasteiger partial charge in [-0.2, -0.15) is 0 Å². The lowest BCUT2D eigenvalue weighted by Crippen LogP contribution is -1.95. The summed E-state index contributed by atoms with van der Waals surface area (Å²) in [5.41, 5.74) is 2.46. The molecule has 4 nitrogen and oxygen atoms in total. The molecule has 3 aromatic rings. The van der Waals surface area contributed by atoms with Crippen LogP contribution >= 0.6 is 0 Å². The molecule has 84 valence electrons. The number of nitrogens with zero attached hydrogens (tertiary/aromatic N) is 2. The first-order valence-corrected chi connectivity index (χ1v) is 6.08. The summed E-state index contributed by atoms with van der Waals surface area (Å²) in [5.74, 6) is 0. The van der Waals surface area contributed by atoms with Gasteiger partial charge in [0, 0.05) is 0 Å². The molecule has 17 heavy (non-hydrogen) atoms. The minimum atomic E-state index is -2.30. The van der Waals surface area contributed by atoms with Gasteiger partial charge in [-0.3, -0.25) is 4.21 Å². The average molecular weight is 243 g/mol. The molecular formula is C12H7N2O2S-. The molecule has 0 amide bonds. The SMILES string of the molecule is O=S([O-])c1cccc2nc3ccccc3nc12. The first kappa shape index (κ1) is 10.3. The van der Waals surface area contributed by atoms with Crippen LogP contribution in [0.15, 0.2) is 47.4 Å². The lowest BCUT2D eigenvalue weighted by atomic mass is 10.2. The van der Waals surface area contributed by atoms with Gasteiger partial charge in [-0.25, -0.2) is 9.97 Å². The van der Waals surface area contributed by atoms with Crippen LogP contribution in [0.1, 0.15) is 0 Å². The highest BCUT2D eigenvalue weighted by molar-refractivity contribution is 7.79. The molecule has 3 rings (SSSR count). The summed E-state index contributed by atoms with van der Waals surface area (Å²) >= 11 is -2.30. The van der Waals surface area contributed by atoms with Crippen molar-refractivity contribution >= 4 is 33.1 Å². The third kappa shape index (κ3) is 1.69. The second-order valence-corrected chi connectivity index (χ2v) is 4.48. The molecule has 0 radical (unpaired) electrons. The fourth-order valence-electron chi connectivity index (χ4n) is 1.75. The number of hydrogen-bond donors (Lipinski definition) is 0. The van der Waals surface area contributed by atoms with Crippen molar-refractivity contribution in [2.75, 3.05) is 0 Å². The molecule has 0 saturated carbocycles. The normalized spacial score (nSPS) is 13.0. The van der Waals surface area contributed by atoms with Gasteiger partial charge in [0.15, 0.2) is 0 Å². The van der Waals surface area contributed by atoms with Gasteiger partial charge >= 0.3 is 0 Å². The van der Waals surface area contributed by atoms with Crippen molar-refractivity contribution in [1.82, 2.24) is 9.97 Å². The molecule has 1 atom stereocenters. The second-order valence-electron chi connectivity index (χ2n) is 3.57. The lowest BCUT2D eigenvalue weighted by molar-refractivity contribution is 0.538. The molecule has 0 saturated heterocycles. The van der Waals surface area contributed by atoms with E-state index in [9.17, 15) is 8.76 Å². The predicted molar refractivity (Wildman–Crippen MR) is 64.2 cm³/mol. The fraction of sp³-hybridized carbons (Fsp3) is 0. The Kier molecular flexibility index (Phi) is 2.35. The first-order chi connectivity index (χ1) is 8.25. The van der Waals surface area contributed by atoms with Crippen LogP contribution in [0, 0.1) is 0 Å². The van der Waals surface area contributed by atoms with Crippen LogP contribution in [0.25, 0.3) is 22.1 Å². The maximum Gasteiger partial charge on any atom is 0.104 e. The standard InChI is InChI=1S/C12H8N2O2S/c15-17(16)11-7-3-6-10-12(11)14-9-5-2-1-4-8(9)13-10/h1-7H,(H,15,16)/p-1. The number of aromatic nitrogens is 2. The van der Waals surface area contributed by atoms with Crippen molar-refractivity contribution in [3.8, 4) is 0 Å². The molecule has 5 heteroatoms. The van der Waals surface area contributed by atoms with Crippen LogP contribution in [-0.2, 0) is 11.1 Å². The summed E-state index contributed by atoms with van der Waals surface area (Å²) in [6.45, 7) is 0. The van der Waals surface area contributed by atoms with Gasteiger partial charge in [0.2, 0.25) is 0 Å². The summed E-state index contributed by atoms with van der Waals surface area (Å²) < 4.78 is 22.2. The molecule has 0 aliphatic heterocycles. The van der Waals surface area contributed by atoms with E-state index < -0.39 is 11.1 Å². The second kappa shape index (κ2) is 3.87. The first-order valence-electron chi connectivity index (χ1n) is 5.00. The van der Waals surface area contributed by atoms with Crippen molar-refractivity contribution < 1.29 is 8.76 Å². The van der Waals surface area contributed by atoms with Gasteiger partial charge in [0.05, 0.1) is 21.4 Å². The van der Waals surface area contributed by atoms with Gasteiger partial charge in [-0.15, -0.1) is 0 Å². The molecule has 1 aromatic heterocycles. The Morgan fingerprint density at radius 1 is 0.882 bits per heavy atom. The number of rotatable bonds is 1. The van der Waals surface area contributed by atoms with Crippen LogP contribution in [0.5, 0.6) is 0 Å². The summed E-state index contributed by atoms with van der Waals surface area (Å²) in [6.07, 6.45) is 0. The van der Waals surface area contributed by atoms with Gasteiger partial charge in [-0.1, -0.05) is 18.2 Å². The van der Waals surface area contributed by atoms with E-state index >= 15 is 0 Å². The quantitative estimate of drug-likeness (QED) is 0.484. The van der Waals surface area contributed by atoms with Gasteiger partial charge < -0.3 is 4.55 Å². The molecule has 1 unspecified atom stereocenters. The Morgan fingerprint density at radius 3 is 2.24 bits per heavy atom. The number of benzene rings is 2. The molecule has 0 fully saturated rings. The maximum atomic E-state index is 11.1. The van der Waals surface area contributed by atoms with E-state index in [2.05, 4.69) is 9.97 Å². The number of para-hydroxylation sites is 3. The molecule has 0 bridgehead atoms. The zero-order chi connectivity index (χ0) is 11.8. The van der Waals surface area contributed by atoms with Crippen LogP contribution < -0.4 is 0 Å². The van der Waals surface area contributed by atoms with Gasteiger partial charge in [0.25, 0.3) is 0 Å². The van der Waals surface area contributed by atoms with Crippen molar-refractivity contribution in [2.45, 2.75) is 4.90 Å².